The number of hydrogen-bond acceptors (Lipinski definition) is 7. The van der Waals surface area contributed by atoms with Gasteiger partial charge < -0.3 is 9.79 Å². The van der Waals surface area contributed by atoms with Gasteiger partial charge in [-0.25, -0.2) is 9.55 Å². The number of nitrogens with zero attached hydrogens (tertiary/aromatic N) is 3. The van der Waals surface area contributed by atoms with E-state index in [2.05, 4.69) is 15.0 Å². The van der Waals surface area contributed by atoms with Crippen LogP contribution in [-0.2, 0) is 4.57 Å². The van der Waals surface area contributed by atoms with Crippen LogP contribution in [0.5, 0.6) is 0 Å². The van der Waals surface area contributed by atoms with Crippen LogP contribution < -0.4 is 0 Å². The molecule has 0 amide bonds. The lowest BCUT2D eigenvalue weighted by molar-refractivity contribution is 0.349. The van der Waals surface area contributed by atoms with Gasteiger partial charge in [0.15, 0.2) is 5.82 Å². The highest BCUT2D eigenvalue weighted by molar-refractivity contribution is 8.00. The van der Waals surface area contributed by atoms with Crippen LogP contribution in [0.1, 0.15) is 0 Å². The van der Waals surface area contributed by atoms with Gasteiger partial charge in [0.25, 0.3) is 0 Å². The fourth-order valence-corrected chi connectivity index (χ4v) is 2.63. The molecule has 16 heavy (non-hydrogen) atoms. The molecule has 0 unspecified atom stereocenters. The molecule has 0 saturated heterocycles. The molecule has 11 heteroatoms. The standard InChI is InChI=1S/C5H7N3O6P2/c9-15(10,11)5(16(12,13)14)8-4-3-6-1-2-7-4/h1-3,9-11H,(H-,12,13,14)/p+1. The summed E-state index contributed by atoms with van der Waals surface area (Å²) >= 11 is 0. The Morgan fingerprint density at radius 2 is 1.94 bits per heavy atom. The van der Waals surface area contributed by atoms with Gasteiger partial charge in [-0.05, 0) is 0 Å². The number of hydrogen-bond donors (Lipinski definition) is 5. The summed E-state index contributed by atoms with van der Waals surface area (Å²) < 4.78 is 10.8. The molecule has 0 aliphatic carbocycles. The number of aromatic nitrogens is 2. The molecule has 1 aromatic rings. The van der Waals surface area contributed by atoms with Crippen LogP contribution in [0.15, 0.2) is 23.6 Å². The van der Waals surface area contributed by atoms with Crippen molar-refractivity contribution in [2.75, 3.05) is 0 Å². The van der Waals surface area contributed by atoms with E-state index in [-0.39, 0.29) is 5.82 Å². The van der Waals surface area contributed by atoms with Crippen molar-refractivity contribution in [2.45, 2.75) is 0 Å². The van der Waals surface area contributed by atoms with Crippen molar-refractivity contribution in [3.8, 4) is 0 Å². The molecule has 0 saturated carbocycles. The highest BCUT2D eigenvalue weighted by atomic mass is 31.3. The van der Waals surface area contributed by atoms with E-state index in [1.54, 1.807) is 0 Å². The Hall–Kier alpha value is -0.790. The quantitative estimate of drug-likeness (QED) is 0.358. The first kappa shape index (κ1) is 13.3. The molecular weight excluding hydrogens is 260 g/mol. The van der Waals surface area contributed by atoms with E-state index < -0.39 is 20.7 Å². The molecule has 9 nitrogen and oxygen atoms in total. The van der Waals surface area contributed by atoms with E-state index in [1.807, 2.05) is 0 Å². The first-order valence-corrected chi connectivity index (χ1v) is 6.96. The zero-order chi connectivity index (χ0) is 12.4. The number of aliphatic imine (C=N–C) groups is 1. The van der Waals surface area contributed by atoms with E-state index >= 15 is 0 Å². The van der Waals surface area contributed by atoms with Gasteiger partial charge in [-0.15, -0.1) is 0 Å². The molecule has 88 valence electrons. The van der Waals surface area contributed by atoms with Gasteiger partial charge in [-0.1, -0.05) is 0 Å². The van der Waals surface area contributed by atoms with E-state index in [0.717, 1.165) is 6.20 Å². The molecule has 0 spiro atoms. The Morgan fingerprint density at radius 3 is 2.31 bits per heavy atom. The summed E-state index contributed by atoms with van der Waals surface area (Å²) in [6, 6.07) is 0. The van der Waals surface area contributed by atoms with Gasteiger partial charge in [0.2, 0.25) is 0 Å². The zero-order valence-corrected chi connectivity index (χ0v) is 9.40. The fraction of sp³-hybridized carbons (Fsp3) is 0. The Labute approximate surface area is 89.9 Å². The van der Waals surface area contributed by atoms with Crippen LogP contribution in [0.4, 0.5) is 5.82 Å². The van der Waals surface area contributed by atoms with Crippen LogP contribution in [0, 0.1) is 0 Å². The molecule has 0 aliphatic rings. The normalized spacial score (nSPS) is 13.9. The molecule has 0 radical (unpaired) electrons. The van der Waals surface area contributed by atoms with Crippen LogP contribution in [0.2, 0.25) is 0 Å². The van der Waals surface area contributed by atoms with Gasteiger partial charge in [0, 0.05) is 12.4 Å². The van der Waals surface area contributed by atoms with Gasteiger partial charge in [-0.3, -0.25) is 4.98 Å². The fourth-order valence-electron chi connectivity index (χ4n) is 0.758. The molecule has 5 N–H and O–H groups in total. The Bertz CT molecular complexity index is 437. The second-order valence-electron chi connectivity index (χ2n) is 2.59. The Balaban J connectivity index is 3.24. The first-order valence-electron chi connectivity index (χ1n) is 3.70. The van der Waals surface area contributed by atoms with Gasteiger partial charge >= 0.3 is 20.7 Å². The van der Waals surface area contributed by atoms with Crippen molar-refractivity contribution in [1.29, 1.82) is 0 Å². The topological polar surface area (TPSA) is 156 Å². The third-order valence-corrected chi connectivity index (χ3v) is 4.14. The summed E-state index contributed by atoms with van der Waals surface area (Å²) in [5, 5.41) is -1.42. The minimum absolute atomic E-state index is 0.262. The van der Waals surface area contributed by atoms with Crippen LogP contribution in [0.3, 0.4) is 0 Å². The van der Waals surface area contributed by atoms with E-state index in [4.69, 9.17) is 24.5 Å². The lowest BCUT2D eigenvalue weighted by Crippen LogP contribution is -2.06. The third-order valence-electron chi connectivity index (χ3n) is 1.29. The summed E-state index contributed by atoms with van der Waals surface area (Å²) in [6.45, 7) is 0. The van der Waals surface area contributed by atoms with Crippen LogP contribution in [-0.4, -0.2) is 39.6 Å². The summed E-state index contributed by atoms with van der Waals surface area (Å²) in [5.74, 6) is -0.262. The average molecular weight is 268 g/mol. The molecule has 0 fully saturated rings. The highest BCUT2D eigenvalue weighted by Gasteiger charge is 2.51. The lowest BCUT2D eigenvalue weighted by Gasteiger charge is -2.07. The largest absolute Gasteiger partial charge is 0.469 e. The molecule has 1 rings (SSSR count). The molecule has 0 atom stereocenters. The molecule has 1 aromatic heterocycles. The minimum Gasteiger partial charge on any atom is -0.317 e. The number of rotatable bonds is 3. The smallest absolute Gasteiger partial charge is 0.317 e. The Kier molecular flexibility index (Phi) is 3.82. The van der Waals surface area contributed by atoms with E-state index in [1.165, 1.54) is 12.4 Å². The summed E-state index contributed by atoms with van der Waals surface area (Å²) in [5.41, 5.74) is 0. The second kappa shape index (κ2) is 4.60. The van der Waals surface area contributed by atoms with Crippen molar-refractivity contribution in [3.63, 3.8) is 0 Å². The maximum atomic E-state index is 10.8. The molecule has 0 aliphatic heterocycles. The summed E-state index contributed by atoms with van der Waals surface area (Å²) in [6.07, 6.45) is 3.50. The monoisotopic (exact) mass is 268 g/mol. The average Bonchev–Trinajstić information content (AvgIpc) is 2.12. The van der Waals surface area contributed by atoms with E-state index in [9.17, 15) is 4.57 Å². The summed E-state index contributed by atoms with van der Waals surface area (Å²) in [4.78, 5) is 54.2. The molecule has 0 aromatic carbocycles. The first-order chi connectivity index (χ1) is 7.21. The van der Waals surface area contributed by atoms with Crippen molar-refractivity contribution in [1.82, 2.24) is 9.97 Å². The van der Waals surface area contributed by atoms with E-state index in [0.29, 0.717) is 0 Å². The van der Waals surface area contributed by atoms with Crippen molar-refractivity contribution < 1.29 is 29.0 Å². The van der Waals surface area contributed by atoms with Crippen molar-refractivity contribution in [2.24, 2.45) is 4.99 Å². The zero-order valence-electron chi connectivity index (χ0n) is 7.61. The van der Waals surface area contributed by atoms with Crippen molar-refractivity contribution >= 4 is 26.6 Å². The maximum Gasteiger partial charge on any atom is 0.469 e. The molecular formula is C5H8N3O6P2+. The molecule has 0 bridgehead atoms. The third kappa shape index (κ3) is 3.66. The second-order valence-corrected chi connectivity index (χ2v) is 6.01. The predicted molar refractivity (Wildman–Crippen MR) is 54.7 cm³/mol. The molecule has 1 heterocycles. The highest BCUT2D eigenvalue weighted by Crippen LogP contribution is 2.60. The van der Waals surface area contributed by atoms with Crippen LogP contribution >= 0.6 is 15.5 Å². The van der Waals surface area contributed by atoms with Gasteiger partial charge in [0.05, 0.1) is 6.20 Å². The SMILES string of the molecule is O=P(O)(O)C(=Nc1cnccn1)[P+](O)(O)O. The summed E-state index contributed by atoms with van der Waals surface area (Å²) in [7, 11) is -9.97. The van der Waals surface area contributed by atoms with Gasteiger partial charge in [-0.2, -0.15) is 19.7 Å². The lowest BCUT2D eigenvalue weighted by atomic mass is 10.7. The van der Waals surface area contributed by atoms with Gasteiger partial charge in [0.1, 0.15) is 0 Å². The van der Waals surface area contributed by atoms with Crippen LogP contribution in [0.25, 0.3) is 0 Å². The minimum atomic E-state index is -5.08. The maximum absolute atomic E-state index is 10.8. The van der Waals surface area contributed by atoms with Crippen molar-refractivity contribution in [3.05, 3.63) is 18.6 Å². The predicted octanol–water partition coefficient (Wildman–Crippen LogP) is -0.619. The Morgan fingerprint density at radius 1 is 1.31 bits per heavy atom.